The van der Waals surface area contributed by atoms with E-state index < -0.39 is 17.9 Å². The first-order valence-corrected chi connectivity index (χ1v) is 9.77. The Morgan fingerprint density at radius 2 is 1.90 bits per heavy atom. The van der Waals surface area contributed by atoms with Gasteiger partial charge in [-0.25, -0.2) is 9.59 Å². The second-order valence-electron chi connectivity index (χ2n) is 6.23. The van der Waals surface area contributed by atoms with Gasteiger partial charge in [0.05, 0.1) is 31.8 Å². The van der Waals surface area contributed by atoms with E-state index in [9.17, 15) is 14.9 Å². The molecule has 31 heavy (non-hydrogen) atoms. The topological polar surface area (TPSA) is 130 Å². The Hall–Kier alpha value is -3.38. The Morgan fingerprint density at radius 3 is 2.48 bits per heavy atom. The van der Waals surface area contributed by atoms with E-state index in [0.29, 0.717) is 5.56 Å². The van der Waals surface area contributed by atoms with Crippen molar-refractivity contribution in [2.24, 2.45) is 5.73 Å². The van der Waals surface area contributed by atoms with Crippen LogP contribution in [0.25, 0.3) is 0 Å². The average Bonchev–Trinajstić information content (AvgIpc) is 2.72. The van der Waals surface area contributed by atoms with Gasteiger partial charge in [0.1, 0.15) is 17.4 Å². The van der Waals surface area contributed by atoms with E-state index in [-0.39, 0.29) is 59.1 Å². The standard InChI is InChI=1S/C21H23ClN2O7/c1-5-28-17(25)10-30-16-8-14(22)12(7-15(16)27-4)19-13(9-23)20(24)31-11(3)18(19)21(26)29-6-2/h7-8,19H,5-6,10,24H2,1-4H3. The summed E-state index contributed by atoms with van der Waals surface area (Å²) in [4.78, 5) is 24.2. The second-order valence-corrected chi connectivity index (χ2v) is 6.64. The lowest BCUT2D eigenvalue weighted by molar-refractivity contribution is -0.145. The third-order valence-electron chi connectivity index (χ3n) is 4.35. The number of rotatable bonds is 8. The highest BCUT2D eigenvalue weighted by atomic mass is 35.5. The number of nitrogens with two attached hydrogens (primary N) is 1. The van der Waals surface area contributed by atoms with E-state index in [1.165, 1.54) is 19.2 Å². The summed E-state index contributed by atoms with van der Waals surface area (Å²) < 4.78 is 26.2. The third kappa shape index (κ3) is 5.22. The van der Waals surface area contributed by atoms with Gasteiger partial charge >= 0.3 is 11.9 Å². The zero-order valence-electron chi connectivity index (χ0n) is 17.6. The molecular weight excluding hydrogens is 428 g/mol. The van der Waals surface area contributed by atoms with Gasteiger partial charge in [-0.3, -0.25) is 0 Å². The number of hydrogen-bond donors (Lipinski definition) is 1. The van der Waals surface area contributed by atoms with Gasteiger partial charge in [-0.05, 0) is 32.4 Å². The number of halogens is 1. The van der Waals surface area contributed by atoms with Crippen LogP contribution in [0.2, 0.25) is 5.02 Å². The number of nitriles is 1. The normalized spacial score (nSPS) is 15.7. The van der Waals surface area contributed by atoms with Crippen molar-refractivity contribution in [3.63, 3.8) is 0 Å². The lowest BCUT2D eigenvalue weighted by atomic mass is 9.83. The molecule has 1 aliphatic rings. The van der Waals surface area contributed by atoms with Crippen LogP contribution in [0.4, 0.5) is 0 Å². The molecule has 10 heteroatoms. The maximum Gasteiger partial charge on any atom is 0.344 e. The Kier molecular flexibility index (Phi) is 8.16. The van der Waals surface area contributed by atoms with Crippen molar-refractivity contribution in [3.8, 4) is 17.6 Å². The van der Waals surface area contributed by atoms with Crippen LogP contribution >= 0.6 is 11.6 Å². The number of hydrogen-bond acceptors (Lipinski definition) is 9. The van der Waals surface area contributed by atoms with Gasteiger partial charge < -0.3 is 29.4 Å². The molecule has 2 N–H and O–H groups in total. The van der Waals surface area contributed by atoms with Crippen molar-refractivity contribution in [1.29, 1.82) is 5.26 Å². The summed E-state index contributed by atoms with van der Waals surface area (Å²) in [5, 5.41) is 9.84. The highest BCUT2D eigenvalue weighted by Gasteiger charge is 2.38. The molecule has 0 aliphatic carbocycles. The summed E-state index contributed by atoms with van der Waals surface area (Å²) in [5.74, 6) is -1.70. The van der Waals surface area contributed by atoms with Gasteiger partial charge in [-0.15, -0.1) is 0 Å². The summed E-state index contributed by atoms with van der Waals surface area (Å²) >= 11 is 6.49. The Balaban J connectivity index is 2.57. The van der Waals surface area contributed by atoms with Gasteiger partial charge in [0, 0.05) is 11.1 Å². The maximum absolute atomic E-state index is 12.6. The quantitative estimate of drug-likeness (QED) is 0.594. The number of ether oxygens (including phenoxy) is 5. The summed E-state index contributed by atoms with van der Waals surface area (Å²) in [6, 6.07) is 4.91. The van der Waals surface area contributed by atoms with Gasteiger partial charge in [0.15, 0.2) is 18.1 Å². The minimum absolute atomic E-state index is 0.00204. The zero-order chi connectivity index (χ0) is 23.1. The van der Waals surface area contributed by atoms with Gasteiger partial charge in [0.2, 0.25) is 5.88 Å². The molecule has 1 aromatic rings. The van der Waals surface area contributed by atoms with E-state index in [2.05, 4.69) is 0 Å². The van der Waals surface area contributed by atoms with Crippen LogP contribution in [0.3, 0.4) is 0 Å². The first kappa shape index (κ1) is 23.9. The fraction of sp³-hybridized carbons (Fsp3) is 0.381. The molecular formula is C21H23ClN2O7. The minimum atomic E-state index is -0.946. The van der Waals surface area contributed by atoms with Crippen molar-refractivity contribution < 1.29 is 33.3 Å². The Labute approximate surface area is 184 Å². The molecule has 1 aliphatic heterocycles. The smallest absolute Gasteiger partial charge is 0.344 e. The molecule has 1 atom stereocenters. The van der Waals surface area contributed by atoms with Gasteiger partial charge in [-0.1, -0.05) is 11.6 Å². The number of carbonyl (C=O) groups excluding carboxylic acids is 2. The Morgan fingerprint density at radius 1 is 1.23 bits per heavy atom. The predicted molar refractivity (Wildman–Crippen MR) is 110 cm³/mol. The molecule has 2 rings (SSSR count). The lowest BCUT2D eigenvalue weighted by Crippen LogP contribution is -2.25. The highest BCUT2D eigenvalue weighted by Crippen LogP contribution is 2.45. The van der Waals surface area contributed by atoms with Crippen molar-refractivity contribution in [2.75, 3.05) is 26.9 Å². The molecule has 166 valence electrons. The number of allylic oxidation sites excluding steroid dienone is 2. The molecule has 9 nitrogen and oxygen atoms in total. The van der Waals surface area contributed by atoms with Crippen LogP contribution in [-0.4, -0.2) is 38.9 Å². The molecule has 0 amide bonds. The van der Waals surface area contributed by atoms with Gasteiger partial charge in [-0.2, -0.15) is 5.26 Å². The van der Waals surface area contributed by atoms with Crippen LogP contribution in [0.1, 0.15) is 32.3 Å². The van der Waals surface area contributed by atoms with Crippen molar-refractivity contribution in [2.45, 2.75) is 26.7 Å². The summed E-state index contributed by atoms with van der Waals surface area (Å²) in [7, 11) is 1.40. The van der Waals surface area contributed by atoms with Crippen LogP contribution in [-0.2, 0) is 23.8 Å². The van der Waals surface area contributed by atoms with E-state index >= 15 is 0 Å². The fourth-order valence-electron chi connectivity index (χ4n) is 3.05. The number of benzene rings is 1. The summed E-state index contributed by atoms with van der Waals surface area (Å²) in [6.45, 7) is 4.88. The largest absolute Gasteiger partial charge is 0.493 e. The van der Waals surface area contributed by atoms with E-state index in [0.717, 1.165) is 0 Å². The zero-order valence-corrected chi connectivity index (χ0v) is 18.4. The maximum atomic E-state index is 12.6. The highest BCUT2D eigenvalue weighted by molar-refractivity contribution is 6.31. The molecule has 0 saturated carbocycles. The lowest BCUT2D eigenvalue weighted by Gasteiger charge is -2.28. The van der Waals surface area contributed by atoms with E-state index in [4.69, 9.17) is 41.0 Å². The molecule has 0 saturated heterocycles. The minimum Gasteiger partial charge on any atom is -0.493 e. The average molecular weight is 451 g/mol. The summed E-state index contributed by atoms with van der Waals surface area (Å²) in [5.41, 5.74) is 6.35. The first-order valence-electron chi connectivity index (χ1n) is 9.40. The van der Waals surface area contributed by atoms with Crippen LogP contribution in [0.5, 0.6) is 11.5 Å². The van der Waals surface area contributed by atoms with E-state index in [1.54, 1.807) is 20.8 Å². The number of carbonyl (C=O) groups is 2. The van der Waals surface area contributed by atoms with Crippen LogP contribution in [0, 0.1) is 11.3 Å². The molecule has 0 bridgehead atoms. The number of methoxy groups -OCH3 is 1. The molecule has 0 aromatic heterocycles. The van der Waals surface area contributed by atoms with Gasteiger partial charge in [0.25, 0.3) is 0 Å². The molecule has 0 radical (unpaired) electrons. The van der Waals surface area contributed by atoms with Crippen LogP contribution in [0.15, 0.2) is 34.9 Å². The number of esters is 2. The van der Waals surface area contributed by atoms with Crippen molar-refractivity contribution in [3.05, 3.63) is 45.5 Å². The predicted octanol–water partition coefficient (Wildman–Crippen LogP) is 2.94. The van der Waals surface area contributed by atoms with Crippen molar-refractivity contribution in [1.82, 2.24) is 0 Å². The first-order chi connectivity index (χ1) is 14.8. The van der Waals surface area contributed by atoms with Crippen LogP contribution < -0.4 is 15.2 Å². The Bertz CT molecular complexity index is 979. The molecule has 1 unspecified atom stereocenters. The molecule has 0 spiro atoms. The van der Waals surface area contributed by atoms with E-state index in [1.807, 2.05) is 6.07 Å². The molecule has 1 heterocycles. The second kappa shape index (κ2) is 10.6. The monoisotopic (exact) mass is 450 g/mol. The SMILES string of the molecule is CCOC(=O)COc1cc(Cl)c(C2C(C#N)=C(N)OC(C)=C2C(=O)OCC)cc1OC. The fourth-order valence-corrected chi connectivity index (χ4v) is 3.31. The molecule has 1 aromatic carbocycles. The summed E-state index contributed by atoms with van der Waals surface area (Å²) in [6.07, 6.45) is 0. The third-order valence-corrected chi connectivity index (χ3v) is 4.67. The number of nitrogens with zero attached hydrogens (tertiary/aromatic N) is 1. The van der Waals surface area contributed by atoms with Crippen molar-refractivity contribution >= 4 is 23.5 Å². The molecule has 0 fully saturated rings.